The molecule has 1 unspecified atom stereocenters. The van der Waals surface area contributed by atoms with Crippen LogP contribution in [-0.2, 0) is 0 Å². The molecule has 0 aliphatic carbocycles. The molecule has 1 atom stereocenters. The first kappa shape index (κ1) is 11.4. The van der Waals surface area contributed by atoms with Gasteiger partial charge < -0.3 is 10.6 Å². The molecule has 18 heavy (non-hydrogen) atoms. The van der Waals surface area contributed by atoms with E-state index >= 15 is 0 Å². The molecule has 3 rings (SSSR count). The van der Waals surface area contributed by atoms with E-state index in [4.69, 9.17) is 0 Å². The second-order valence-electron chi connectivity index (χ2n) is 5.49. The van der Waals surface area contributed by atoms with Crippen LogP contribution >= 0.6 is 0 Å². The molecule has 2 heteroatoms. The summed E-state index contributed by atoms with van der Waals surface area (Å²) >= 11 is 0. The van der Waals surface area contributed by atoms with Crippen LogP contribution in [0.4, 0.5) is 11.4 Å². The van der Waals surface area contributed by atoms with Crippen LogP contribution in [0.1, 0.15) is 32.3 Å². The molecule has 2 aromatic rings. The van der Waals surface area contributed by atoms with Crippen molar-refractivity contribution in [3.05, 3.63) is 35.9 Å². The lowest BCUT2D eigenvalue weighted by atomic mass is 9.95. The van der Waals surface area contributed by atoms with Gasteiger partial charge in [-0.3, -0.25) is 0 Å². The Morgan fingerprint density at radius 3 is 2.50 bits per heavy atom. The normalized spacial score (nSPS) is 21.5. The fourth-order valence-corrected chi connectivity index (χ4v) is 3.01. The molecule has 2 nitrogen and oxygen atoms in total. The Hall–Kier alpha value is -1.70. The van der Waals surface area contributed by atoms with Gasteiger partial charge in [0, 0.05) is 16.8 Å². The van der Waals surface area contributed by atoms with Crippen LogP contribution in [-0.4, -0.2) is 5.66 Å². The van der Waals surface area contributed by atoms with Gasteiger partial charge in [0.15, 0.2) is 0 Å². The van der Waals surface area contributed by atoms with Crippen LogP contribution in [0.15, 0.2) is 30.3 Å². The van der Waals surface area contributed by atoms with Crippen LogP contribution < -0.4 is 10.6 Å². The minimum absolute atomic E-state index is 0.0364. The lowest BCUT2D eigenvalue weighted by molar-refractivity contribution is 0.523. The molecule has 0 radical (unpaired) electrons. The second kappa shape index (κ2) is 3.91. The van der Waals surface area contributed by atoms with E-state index in [2.05, 4.69) is 61.7 Å². The molecule has 94 valence electrons. The Labute approximate surface area is 108 Å². The SMILES string of the molecule is CCCC1(C)Nc2cccc3c(C)ccc(c23)N1. The topological polar surface area (TPSA) is 24.1 Å². The van der Waals surface area contributed by atoms with E-state index in [1.165, 1.54) is 27.7 Å². The summed E-state index contributed by atoms with van der Waals surface area (Å²) in [6.07, 6.45) is 2.27. The van der Waals surface area contributed by atoms with Crippen molar-refractivity contribution < 1.29 is 0 Å². The van der Waals surface area contributed by atoms with Crippen LogP contribution in [0.25, 0.3) is 10.8 Å². The maximum Gasteiger partial charge on any atom is 0.105 e. The third kappa shape index (κ3) is 1.64. The van der Waals surface area contributed by atoms with Gasteiger partial charge in [0.1, 0.15) is 5.66 Å². The number of rotatable bonds is 2. The second-order valence-corrected chi connectivity index (χ2v) is 5.49. The number of nitrogens with one attached hydrogen (secondary N) is 2. The largest absolute Gasteiger partial charge is 0.363 e. The van der Waals surface area contributed by atoms with Crippen molar-refractivity contribution in [1.82, 2.24) is 0 Å². The van der Waals surface area contributed by atoms with E-state index in [-0.39, 0.29) is 5.66 Å². The highest BCUT2D eigenvalue weighted by molar-refractivity contribution is 6.06. The zero-order valence-corrected chi connectivity index (χ0v) is 11.3. The summed E-state index contributed by atoms with van der Waals surface area (Å²) < 4.78 is 0. The zero-order chi connectivity index (χ0) is 12.8. The van der Waals surface area contributed by atoms with Gasteiger partial charge in [-0.1, -0.05) is 31.5 Å². The van der Waals surface area contributed by atoms with Gasteiger partial charge in [-0.2, -0.15) is 0 Å². The first-order chi connectivity index (χ1) is 8.63. The number of hydrogen-bond acceptors (Lipinski definition) is 2. The molecule has 0 aromatic heterocycles. The van der Waals surface area contributed by atoms with Crippen LogP contribution in [0, 0.1) is 6.92 Å². The molecule has 0 saturated carbocycles. The van der Waals surface area contributed by atoms with Gasteiger partial charge in [-0.15, -0.1) is 0 Å². The minimum Gasteiger partial charge on any atom is -0.363 e. The zero-order valence-electron chi connectivity index (χ0n) is 11.3. The van der Waals surface area contributed by atoms with Crippen molar-refractivity contribution in [3.8, 4) is 0 Å². The van der Waals surface area contributed by atoms with Gasteiger partial charge >= 0.3 is 0 Å². The van der Waals surface area contributed by atoms with Gasteiger partial charge in [-0.25, -0.2) is 0 Å². The van der Waals surface area contributed by atoms with Crippen molar-refractivity contribution in [2.75, 3.05) is 10.6 Å². The average Bonchev–Trinajstić information content (AvgIpc) is 2.33. The molecule has 1 aliphatic heterocycles. The predicted octanol–water partition coefficient (Wildman–Crippen LogP) is 4.50. The Morgan fingerprint density at radius 2 is 1.78 bits per heavy atom. The van der Waals surface area contributed by atoms with E-state index in [1.54, 1.807) is 0 Å². The smallest absolute Gasteiger partial charge is 0.105 e. The monoisotopic (exact) mass is 240 g/mol. The Kier molecular flexibility index (Phi) is 2.47. The van der Waals surface area contributed by atoms with E-state index in [0.29, 0.717) is 0 Å². The van der Waals surface area contributed by atoms with E-state index < -0.39 is 0 Å². The highest BCUT2D eigenvalue weighted by Crippen LogP contribution is 2.39. The van der Waals surface area contributed by atoms with Gasteiger partial charge in [0.05, 0.1) is 0 Å². The molecule has 1 aliphatic rings. The molecule has 0 bridgehead atoms. The Bertz CT molecular complexity index is 589. The number of aryl methyl sites for hydroxylation is 1. The molecular weight excluding hydrogens is 220 g/mol. The standard InChI is InChI=1S/C16H20N2/c1-4-10-16(3)17-13-7-5-6-12-11(2)8-9-14(18-16)15(12)13/h5-9,17-18H,4,10H2,1-3H3. The summed E-state index contributed by atoms with van der Waals surface area (Å²) in [5, 5.41) is 9.97. The van der Waals surface area contributed by atoms with Gasteiger partial charge in [-0.05, 0) is 43.4 Å². The third-order valence-electron chi connectivity index (χ3n) is 3.83. The van der Waals surface area contributed by atoms with Crippen LogP contribution in [0.5, 0.6) is 0 Å². The highest BCUT2D eigenvalue weighted by Gasteiger charge is 2.28. The van der Waals surface area contributed by atoms with E-state index in [0.717, 1.165) is 12.8 Å². The number of anilines is 2. The summed E-state index contributed by atoms with van der Waals surface area (Å²) in [6.45, 7) is 6.63. The lowest BCUT2D eigenvalue weighted by Gasteiger charge is -2.39. The number of benzene rings is 2. The third-order valence-corrected chi connectivity index (χ3v) is 3.83. The van der Waals surface area contributed by atoms with E-state index in [1.807, 2.05) is 0 Å². The summed E-state index contributed by atoms with van der Waals surface area (Å²) in [5.74, 6) is 0. The van der Waals surface area contributed by atoms with Crippen molar-refractivity contribution in [1.29, 1.82) is 0 Å². The maximum atomic E-state index is 3.65. The molecule has 0 fully saturated rings. The molecule has 0 saturated heterocycles. The van der Waals surface area contributed by atoms with Crippen LogP contribution in [0.3, 0.4) is 0 Å². The molecule has 2 aromatic carbocycles. The van der Waals surface area contributed by atoms with Crippen molar-refractivity contribution in [2.45, 2.75) is 39.3 Å². The van der Waals surface area contributed by atoms with Crippen molar-refractivity contribution >= 4 is 22.1 Å². The molecule has 0 spiro atoms. The summed E-state index contributed by atoms with van der Waals surface area (Å²) in [4.78, 5) is 0. The lowest BCUT2D eigenvalue weighted by Crippen LogP contribution is -2.45. The average molecular weight is 240 g/mol. The summed E-state index contributed by atoms with van der Waals surface area (Å²) in [5.41, 5.74) is 3.80. The van der Waals surface area contributed by atoms with Gasteiger partial charge in [0.2, 0.25) is 0 Å². The molecule has 1 heterocycles. The maximum absolute atomic E-state index is 3.65. The Morgan fingerprint density at radius 1 is 1.06 bits per heavy atom. The fourth-order valence-electron chi connectivity index (χ4n) is 3.01. The first-order valence-corrected chi connectivity index (χ1v) is 6.72. The van der Waals surface area contributed by atoms with Crippen molar-refractivity contribution in [3.63, 3.8) is 0 Å². The molecule has 0 amide bonds. The minimum atomic E-state index is -0.0364. The predicted molar refractivity (Wildman–Crippen MR) is 79.2 cm³/mol. The first-order valence-electron chi connectivity index (χ1n) is 6.72. The van der Waals surface area contributed by atoms with Crippen LogP contribution in [0.2, 0.25) is 0 Å². The van der Waals surface area contributed by atoms with Gasteiger partial charge in [0.25, 0.3) is 0 Å². The molecule has 2 N–H and O–H groups in total. The van der Waals surface area contributed by atoms with Crippen molar-refractivity contribution in [2.24, 2.45) is 0 Å². The number of hydrogen-bond donors (Lipinski definition) is 2. The molecular formula is C16H20N2. The summed E-state index contributed by atoms with van der Waals surface area (Å²) in [6, 6.07) is 10.9. The summed E-state index contributed by atoms with van der Waals surface area (Å²) in [7, 11) is 0. The fraction of sp³-hybridized carbons (Fsp3) is 0.375. The highest BCUT2D eigenvalue weighted by atomic mass is 15.2. The Balaban J connectivity index is 2.20. The quantitative estimate of drug-likeness (QED) is 0.807. The van der Waals surface area contributed by atoms with E-state index in [9.17, 15) is 0 Å².